The number of aliphatic hydroxyl groups is 3. The highest BCUT2D eigenvalue weighted by molar-refractivity contribution is 5.96. The summed E-state index contributed by atoms with van der Waals surface area (Å²) in [5, 5.41) is 38.7. The number of fused-ring (bicyclic) bond motifs is 5. The summed E-state index contributed by atoms with van der Waals surface area (Å²) in [6.45, 7) is 14.2. The first-order valence-corrected chi connectivity index (χ1v) is 18.2. The number of hydrogen-bond acceptors (Lipinski definition) is 11. The van der Waals surface area contributed by atoms with Crippen LogP contribution in [0, 0.1) is 44.8 Å². The molecule has 6 aliphatic rings. The Morgan fingerprint density at radius 2 is 1.61 bits per heavy atom. The number of rotatable bonds is 4. The van der Waals surface area contributed by atoms with Gasteiger partial charge in [-0.05, 0) is 80.9 Å². The Morgan fingerprint density at radius 3 is 2.22 bits per heavy atom. The fourth-order valence-corrected chi connectivity index (χ4v) is 13.6. The third-order valence-corrected chi connectivity index (χ3v) is 15.4. The molecule has 1 aromatic rings. The predicted octanol–water partition coefficient (Wildman–Crippen LogP) is 4.30. The summed E-state index contributed by atoms with van der Waals surface area (Å²) in [6.07, 6.45) is -4.58. The second-order valence-corrected chi connectivity index (χ2v) is 17.8. The number of allylic oxidation sites excluding steroid dienone is 2. The average molecular weight is 709 g/mol. The molecule has 278 valence electrons. The Bertz CT molecular complexity index is 1740. The Morgan fingerprint density at radius 1 is 0.961 bits per heavy atom. The average Bonchev–Trinajstić information content (AvgIpc) is 3.45. The molecule has 1 heterocycles. The van der Waals surface area contributed by atoms with Crippen LogP contribution < -0.4 is 0 Å². The van der Waals surface area contributed by atoms with Crippen LogP contribution in [0.15, 0.2) is 41.7 Å². The fraction of sp³-hybridized carbons (Fsp3) is 0.700. The van der Waals surface area contributed by atoms with Crippen molar-refractivity contribution in [3.8, 4) is 0 Å². The van der Waals surface area contributed by atoms with Gasteiger partial charge in [0.2, 0.25) is 0 Å². The first kappa shape index (κ1) is 36.1. The van der Waals surface area contributed by atoms with Crippen LogP contribution in [-0.2, 0) is 33.3 Å². The number of aliphatic hydroxyl groups excluding tert-OH is 2. The van der Waals surface area contributed by atoms with E-state index >= 15 is 0 Å². The number of carbonyl (C=O) groups excluding carboxylic acids is 4. The van der Waals surface area contributed by atoms with Crippen molar-refractivity contribution >= 4 is 23.7 Å². The lowest BCUT2D eigenvalue weighted by molar-refractivity contribution is -0.381. The first-order chi connectivity index (χ1) is 23.6. The highest BCUT2D eigenvalue weighted by Gasteiger charge is 2.92. The van der Waals surface area contributed by atoms with E-state index in [-0.39, 0.29) is 42.9 Å². The van der Waals surface area contributed by atoms with Crippen LogP contribution in [0.4, 0.5) is 0 Å². The van der Waals surface area contributed by atoms with Crippen molar-refractivity contribution in [3.05, 3.63) is 47.2 Å². The zero-order valence-electron chi connectivity index (χ0n) is 31.1. The molecule has 4 saturated carbocycles. The third-order valence-electron chi connectivity index (χ3n) is 15.4. The van der Waals surface area contributed by atoms with Gasteiger partial charge in [0, 0.05) is 32.1 Å². The molecular weight excluding hydrogens is 656 g/mol. The molecule has 1 aromatic carbocycles. The maximum Gasteiger partial charge on any atom is 0.338 e. The van der Waals surface area contributed by atoms with E-state index in [1.807, 2.05) is 20.8 Å². The zero-order chi connectivity index (χ0) is 37.5. The first-order valence-electron chi connectivity index (χ1n) is 18.2. The lowest BCUT2D eigenvalue weighted by Crippen LogP contribution is -2.86. The number of Topliss-reactive ketones (excluding diaryl/α,β-unsaturated/α-hetero) is 1. The van der Waals surface area contributed by atoms with Gasteiger partial charge in [-0.1, -0.05) is 39.0 Å². The van der Waals surface area contributed by atoms with Gasteiger partial charge in [-0.2, -0.15) is 0 Å². The molecule has 2 bridgehead atoms. The molecule has 0 unspecified atom stereocenters. The SMILES string of the molecule is COC1=C(C)[C@@]2(C)C[C@@H](O)[C@H]3[C@@](C)(C[C@H](C)[C@]34[C@@]35C[C@@](C)(C[C@H](OC(C)=O)[C@]3(C)[C@@H](OC(=O)c3ccccc3)[C@@H](O)[C@]4(C)O)C(=O)O5)[C@H]2CC1=O. The van der Waals surface area contributed by atoms with Gasteiger partial charge in [-0.3, -0.25) is 14.4 Å². The molecule has 0 radical (unpaired) electrons. The summed E-state index contributed by atoms with van der Waals surface area (Å²) >= 11 is 0. The molecule has 5 aliphatic carbocycles. The normalized spacial score (nSPS) is 49.8. The molecule has 7 rings (SSSR count). The summed E-state index contributed by atoms with van der Waals surface area (Å²) in [7, 11) is 1.48. The lowest BCUT2D eigenvalue weighted by atomic mass is 9.33. The van der Waals surface area contributed by atoms with Gasteiger partial charge in [0.1, 0.15) is 29.5 Å². The fourth-order valence-electron chi connectivity index (χ4n) is 13.6. The minimum absolute atomic E-state index is 0.0336. The van der Waals surface area contributed by atoms with Crippen LogP contribution in [0.25, 0.3) is 0 Å². The summed E-state index contributed by atoms with van der Waals surface area (Å²) in [6, 6.07) is 8.25. The van der Waals surface area contributed by atoms with E-state index in [1.165, 1.54) is 21.0 Å². The topological polar surface area (TPSA) is 166 Å². The van der Waals surface area contributed by atoms with Crippen LogP contribution in [0.5, 0.6) is 0 Å². The zero-order valence-corrected chi connectivity index (χ0v) is 31.1. The number of ether oxygens (including phenoxy) is 4. The Labute approximate surface area is 299 Å². The highest BCUT2D eigenvalue weighted by Crippen LogP contribution is 2.83. The van der Waals surface area contributed by atoms with Crippen molar-refractivity contribution in [2.75, 3.05) is 7.11 Å². The van der Waals surface area contributed by atoms with Gasteiger partial charge >= 0.3 is 17.9 Å². The molecule has 1 aliphatic heterocycles. The molecule has 2 spiro atoms. The minimum atomic E-state index is -2.14. The Hall–Kier alpha value is -3.28. The Balaban J connectivity index is 1.50. The van der Waals surface area contributed by atoms with Crippen LogP contribution in [0.2, 0.25) is 0 Å². The molecule has 1 saturated heterocycles. The monoisotopic (exact) mass is 708 g/mol. The molecule has 51 heavy (non-hydrogen) atoms. The van der Waals surface area contributed by atoms with E-state index in [1.54, 1.807) is 44.2 Å². The molecule has 3 N–H and O–H groups in total. The second kappa shape index (κ2) is 10.9. The third kappa shape index (κ3) is 4.06. The largest absolute Gasteiger partial charge is 0.493 e. The quantitative estimate of drug-likeness (QED) is 0.302. The molecule has 11 heteroatoms. The smallest absolute Gasteiger partial charge is 0.338 e. The minimum Gasteiger partial charge on any atom is -0.493 e. The van der Waals surface area contributed by atoms with Crippen molar-refractivity contribution in [1.82, 2.24) is 0 Å². The van der Waals surface area contributed by atoms with E-state index in [0.29, 0.717) is 12.2 Å². The van der Waals surface area contributed by atoms with Crippen molar-refractivity contribution in [2.24, 2.45) is 44.8 Å². The van der Waals surface area contributed by atoms with E-state index < -0.39 is 92.4 Å². The van der Waals surface area contributed by atoms with Crippen molar-refractivity contribution in [1.29, 1.82) is 0 Å². The number of benzene rings is 1. The van der Waals surface area contributed by atoms with Crippen LogP contribution in [-0.4, -0.2) is 81.7 Å². The second-order valence-electron chi connectivity index (χ2n) is 17.8. The summed E-state index contributed by atoms with van der Waals surface area (Å²) in [5.74, 6) is -3.41. The van der Waals surface area contributed by atoms with Gasteiger partial charge < -0.3 is 34.3 Å². The van der Waals surface area contributed by atoms with E-state index in [2.05, 4.69) is 6.92 Å². The molecule has 5 fully saturated rings. The van der Waals surface area contributed by atoms with Crippen molar-refractivity contribution in [2.45, 2.75) is 123 Å². The number of ketones is 1. The van der Waals surface area contributed by atoms with Gasteiger partial charge in [0.15, 0.2) is 11.5 Å². The van der Waals surface area contributed by atoms with Gasteiger partial charge in [-0.15, -0.1) is 0 Å². The van der Waals surface area contributed by atoms with Crippen LogP contribution >= 0.6 is 0 Å². The van der Waals surface area contributed by atoms with Gasteiger partial charge in [0.05, 0.1) is 35.0 Å². The maximum atomic E-state index is 14.3. The lowest BCUT2D eigenvalue weighted by Gasteiger charge is -2.73. The molecule has 11 nitrogen and oxygen atoms in total. The van der Waals surface area contributed by atoms with Crippen LogP contribution in [0.3, 0.4) is 0 Å². The molecule has 0 aromatic heterocycles. The van der Waals surface area contributed by atoms with Crippen molar-refractivity contribution in [3.63, 3.8) is 0 Å². The van der Waals surface area contributed by atoms with Crippen molar-refractivity contribution < 1.29 is 53.4 Å². The maximum absolute atomic E-state index is 14.3. The number of esters is 3. The summed E-state index contributed by atoms with van der Waals surface area (Å²) < 4.78 is 24.7. The van der Waals surface area contributed by atoms with Gasteiger partial charge in [-0.25, -0.2) is 4.79 Å². The number of hydrogen-bond donors (Lipinski definition) is 3. The van der Waals surface area contributed by atoms with E-state index in [0.717, 1.165) is 5.57 Å². The number of carbonyl (C=O) groups is 4. The Kier molecular flexibility index (Phi) is 7.70. The molecular formula is C40H52O11. The summed E-state index contributed by atoms with van der Waals surface area (Å²) in [5.41, 5.74) is -8.70. The highest BCUT2D eigenvalue weighted by atomic mass is 16.6. The van der Waals surface area contributed by atoms with E-state index in [4.69, 9.17) is 18.9 Å². The predicted molar refractivity (Wildman–Crippen MR) is 181 cm³/mol. The number of methoxy groups -OCH3 is 1. The van der Waals surface area contributed by atoms with Crippen LogP contribution in [0.1, 0.15) is 97.9 Å². The molecule has 0 amide bonds. The standard InChI is InChI=1S/C40H52O11/c1-20-16-36(6)26-15-24(42)28(48-9)21(2)35(26,5)17-25(43)29(36)40(20)38(8,47)30(44)31(50-32(45)23-13-11-10-12-14-23)37(7)27(49-22(3)41)18-34(4)19-39(37,40)51-33(34)46/h10-14,20,25-27,29-31,43-44,47H,15-19H2,1-9H3/t20-,25+,26-,27-,29-,30+,31-,34+,35+,36-,37+,38-,39+,40-/m0/s1. The summed E-state index contributed by atoms with van der Waals surface area (Å²) in [4.78, 5) is 54.7. The van der Waals surface area contributed by atoms with Gasteiger partial charge in [0.25, 0.3) is 0 Å². The molecule has 14 atom stereocenters. The van der Waals surface area contributed by atoms with E-state index in [9.17, 15) is 34.5 Å².